The molecule has 0 aliphatic carbocycles. The van der Waals surface area contributed by atoms with Crippen LogP contribution in [0.2, 0.25) is 0 Å². The average molecular weight is 305 g/mol. The fourth-order valence-electron chi connectivity index (χ4n) is 2.36. The van der Waals surface area contributed by atoms with Crippen molar-refractivity contribution < 1.29 is 0 Å². The second-order valence-corrected chi connectivity index (χ2v) is 5.70. The quantitative estimate of drug-likeness (QED) is 0.844. The molecule has 3 heteroatoms. The average Bonchev–Trinajstić information content (AvgIpc) is 2.41. The van der Waals surface area contributed by atoms with E-state index in [4.69, 9.17) is 5.73 Å². The molecule has 0 saturated heterocycles. The second kappa shape index (κ2) is 8.06. The van der Waals surface area contributed by atoms with E-state index in [-0.39, 0.29) is 12.4 Å². The summed E-state index contributed by atoms with van der Waals surface area (Å²) in [5, 5.41) is 0. The summed E-state index contributed by atoms with van der Waals surface area (Å²) in [5.74, 6) is 0. The first-order chi connectivity index (χ1) is 9.54. The molecule has 2 aromatic carbocycles. The van der Waals surface area contributed by atoms with Crippen LogP contribution in [0.25, 0.3) is 0 Å². The van der Waals surface area contributed by atoms with E-state index in [0.717, 1.165) is 18.7 Å². The first-order valence-electron chi connectivity index (χ1n) is 7.15. The molecule has 2 nitrogen and oxygen atoms in total. The van der Waals surface area contributed by atoms with Crippen LogP contribution in [0.1, 0.15) is 23.6 Å². The molecular weight excluding hydrogens is 280 g/mol. The first-order valence-corrected chi connectivity index (χ1v) is 7.15. The van der Waals surface area contributed by atoms with Crippen molar-refractivity contribution in [1.29, 1.82) is 0 Å². The lowest BCUT2D eigenvalue weighted by Gasteiger charge is -2.25. The standard InChI is InChI=1S/C18H24N2.ClH/c1-14-7-9-16(10-8-14)11-15(2)20(3)13-17-5-4-6-18(19)12-17;/h4-10,12,15H,11,13,19H2,1-3H3;1H. The van der Waals surface area contributed by atoms with Gasteiger partial charge in [0.05, 0.1) is 0 Å². The van der Waals surface area contributed by atoms with Gasteiger partial charge in [-0.3, -0.25) is 4.90 Å². The zero-order valence-corrected chi connectivity index (χ0v) is 13.9. The van der Waals surface area contributed by atoms with Gasteiger partial charge in [0.25, 0.3) is 0 Å². The van der Waals surface area contributed by atoms with Crippen molar-refractivity contribution in [3.63, 3.8) is 0 Å². The minimum atomic E-state index is 0. The van der Waals surface area contributed by atoms with E-state index in [1.165, 1.54) is 16.7 Å². The Balaban J connectivity index is 0.00000220. The minimum Gasteiger partial charge on any atom is -0.399 e. The fourth-order valence-corrected chi connectivity index (χ4v) is 2.36. The van der Waals surface area contributed by atoms with Gasteiger partial charge in [-0.25, -0.2) is 0 Å². The largest absolute Gasteiger partial charge is 0.399 e. The molecule has 0 aliphatic heterocycles. The van der Waals surface area contributed by atoms with Gasteiger partial charge >= 0.3 is 0 Å². The van der Waals surface area contributed by atoms with E-state index in [1.54, 1.807) is 0 Å². The molecule has 0 heterocycles. The third-order valence-electron chi connectivity index (χ3n) is 3.79. The van der Waals surface area contributed by atoms with Crippen LogP contribution in [0.4, 0.5) is 5.69 Å². The Hall–Kier alpha value is -1.51. The first kappa shape index (κ1) is 17.5. The van der Waals surface area contributed by atoms with Gasteiger partial charge in [0.1, 0.15) is 0 Å². The van der Waals surface area contributed by atoms with Crippen molar-refractivity contribution in [2.75, 3.05) is 12.8 Å². The van der Waals surface area contributed by atoms with Gasteiger partial charge in [-0.2, -0.15) is 0 Å². The fraction of sp³-hybridized carbons (Fsp3) is 0.333. The van der Waals surface area contributed by atoms with Gasteiger partial charge in [0.2, 0.25) is 0 Å². The predicted molar refractivity (Wildman–Crippen MR) is 93.9 cm³/mol. The zero-order chi connectivity index (χ0) is 14.5. The molecule has 21 heavy (non-hydrogen) atoms. The normalized spacial score (nSPS) is 12.0. The van der Waals surface area contributed by atoms with Gasteiger partial charge in [-0.15, -0.1) is 12.4 Å². The summed E-state index contributed by atoms with van der Waals surface area (Å²) < 4.78 is 0. The smallest absolute Gasteiger partial charge is 0.0317 e. The Morgan fingerprint density at radius 1 is 1.05 bits per heavy atom. The number of aryl methyl sites for hydroxylation is 1. The van der Waals surface area contributed by atoms with E-state index in [9.17, 15) is 0 Å². The number of anilines is 1. The van der Waals surface area contributed by atoms with Crippen molar-refractivity contribution in [2.24, 2.45) is 0 Å². The van der Waals surface area contributed by atoms with E-state index in [0.29, 0.717) is 6.04 Å². The molecule has 1 atom stereocenters. The number of halogens is 1. The molecule has 0 fully saturated rings. The Morgan fingerprint density at radius 2 is 1.71 bits per heavy atom. The van der Waals surface area contributed by atoms with Gasteiger partial charge in [-0.1, -0.05) is 42.0 Å². The van der Waals surface area contributed by atoms with Crippen molar-refractivity contribution in [3.8, 4) is 0 Å². The van der Waals surface area contributed by atoms with Crippen LogP contribution in [0.15, 0.2) is 48.5 Å². The molecule has 0 radical (unpaired) electrons. The van der Waals surface area contributed by atoms with Crippen LogP contribution in [-0.2, 0) is 13.0 Å². The highest BCUT2D eigenvalue weighted by Gasteiger charge is 2.10. The number of nitrogen functional groups attached to an aromatic ring is 1. The Morgan fingerprint density at radius 3 is 2.33 bits per heavy atom. The van der Waals surface area contributed by atoms with Crippen molar-refractivity contribution in [2.45, 2.75) is 32.9 Å². The van der Waals surface area contributed by atoms with Gasteiger partial charge < -0.3 is 5.73 Å². The molecule has 2 N–H and O–H groups in total. The maximum absolute atomic E-state index is 5.83. The predicted octanol–water partition coefficient (Wildman–Crippen LogP) is 4.06. The number of nitrogens with two attached hydrogens (primary N) is 1. The van der Waals surface area contributed by atoms with Crippen LogP contribution >= 0.6 is 12.4 Å². The Bertz CT molecular complexity index is 551. The summed E-state index contributed by atoms with van der Waals surface area (Å²) in [6.07, 6.45) is 1.07. The van der Waals surface area contributed by atoms with Crippen LogP contribution in [-0.4, -0.2) is 18.0 Å². The second-order valence-electron chi connectivity index (χ2n) is 5.70. The summed E-state index contributed by atoms with van der Waals surface area (Å²) in [4.78, 5) is 2.37. The van der Waals surface area contributed by atoms with Crippen LogP contribution < -0.4 is 5.73 Å². The molecule has 2 aromatic rings. The number of nitrogens with zero attached hydrogens (tertiary/aromatic N) is 1. The topological polar surface area (TPSA) is 29.3 Å². The molecule has 114 valence electrons. The molecule has 2 rings (SSSR count). The molecule has 0 aromatic heterocycles. The molecule has 0 bridgehead atoms. The lowest BCUT2D eigenvalue weighted by molar-refractivity contribution is 0.248. The number of hydrogen-bond acceptors (Lipinski definition) is 2. The summed E-state index contributed by atoms with van der Waals surface area (Å²) in [7, 11) is 2.17. The van der Waals surface area contributed by atoms with Gasteiger partial charge in [0.15, 0.2) is 0 Å². The number of likely N-dealkylation sites (N-methyl/N-ethyl adjacent to an activating group) is 1. The molecule has 1 unspecified atom stereocenters. The van der Waals surface area contributed by atoms with Crippen molar-refractivity contribution in [1.82, 2.24) is 4.90 Å². The number of hydrogen-bond donors (Lipinski definition) is 1. The minimum absolute atomic E-state index is 0. The SMILES string of the molecule is Cc1ccc(CC(C)N(C)Cc2cccc(N)c2)cc1.Cl. The lowest BCUT2D eigenvalue weighted by Crippen LogP contribution is -2.30. The van der Waals surface area contributed by atoms with Gasteiger partial charge in [-0.05, 0) is 50.6 Å². The Labute approximate surface area is 134 Å². The molecule has 0 saturated carbocycles. The molecular formula is C18H25ClN2. The highest BCUT2D eigenvalue weighted by atomic mass is 35.5. The summed E-state index contributed by atoms with van der Waals surface area (Å²) in [6.45, 7) is 5.32. The monoisotopic (exact) mass is 304 g/mol. The number of rotatable bonds is 5. The van der Waals surface area contributed by atoms with Gasteiger partial charge in [0, 0.05) is 18.3 Å². The summed E-state index contributed by atoms with van der Waals surface area (Å²) in [5.41, 5.74) is 10.6. The lowest BCUT2D eigenvalue weighted by atomic mass is 10.0. The zero-order valence-electron chi connectivity index (χ0n) is 13.0. The number of benzene rings is 2. The molecule has 0 amide bonds. The van der Waals surface area contributed by atoms with E-state index < -0.39 is 0 Å². The van der Waals surface area contributed by atoms with Crippen molar-refractivity contribution in [3.05, 3.63) is 65.2 Å². The van der Waals surface area contributed by atoms with Crippen LogP contribution in [0.5, 0.6) is 0 Å². The third kappa shape index (κ3) is 5.41. The molecule has 0 aliphatic rings. The van der Waals surface area contributed by atoms with Crippen LogP contribution in [0, 0.1) is 6.92 Å². The highest BCUT2D eigenvalue weighted by molar-refractivity contribution is 5.85. The van der Waals surface area contributed by atoms with E-state index in [1.807, 2.05) is 12.1 Å². The Kier molecular flexibility index (Phi) is 6.73. The van der Waals surface area contributed by atoms with Crippen LogP contribution in [0.3, 0.4) is 0 Å². The molecule has 0 spiro atoms. The maximum Gasteiger partial charge on any atom is 0.0317 e. The van der Waals surface area contributed by atoms with Crippen molar-refractivity contribution >= 4 is 18.1 Å². The van der Waals surface area contributed by atoms with E-state index in [2.05, 4.69) is 62.2 Å². The highest BCUT2D eigenvalue weighted by Crippen LogP contribution is 2.13. The van der Waals surface area contributed by atoms with E-state index >= 15 is 0 Å². The summed E-state index contributed by atoms with van der Waals surface area (Å²) in [6, 6.07) is 17.4. The third-order valence-corrected chi connectivity index (χ3v) is 3.79. The summed E-state index contributed by atoms with van der Waals surface area (Å²) >= 11 is 0. The maximum atomic E-state index is 5.83.